The zero-order valence-corrected chi connectivity index (χ0v) is 12.4. The minimum Gasteiger partial charge on any atom is -0.359 e. The summed E-state index contributed by atoms with van der Waals surface area (Å²) in [6.45, 7) is 3.36. The van der Waals surface area contributed by atoms with Gasteiger partial charge in [0.1, 0.15) is 0 Å². The molecule has 0 aliphatic heterocycles. The molecule has 120 valence electrons. The topological polar surface area (TPSA) is 116 Å². The lowest BCUT2D eigenvalue weighted by atomic mass is 10.3. The molecule has 8 nitrogen and oxygen atoms in total. The zero-order chi connectivity index (χ0) is 15.9. The summed E-state index contributed by atoms with van der Waals surface area (Å²) in [6, 6.07) is 0. The average molecular weight is 300 g/mol. The second kappa shape index (κ2) is 12.9. The molecule has 0 aromatic heterocycles. The van der Waals surface area contributed by atoms with Gasteiger partial charge in [-0.15, -0.1) is 0 Å². The maximum atomic E-state index is 11.4. The Bertz CT molecular complexity index is 347. The van der Waals surface area contributed by atoms with Crippen molar-refractivity contribution in [1.82, 2.24) is 21.3 Å². The van der Waals surface area contributed by atoms with Gasteiger partial charge in [-0.1, -0.05) is 0 Å². The molecule has 0 unspecified atom stereocenters. The van der Waals surface area contributed by atoms with Gasteiger partial charge in [-0.25, -0.2) is 0 Å². The number of amides is 4. The Labute approximate surface area is 124 Å². The number of hydrogen-bond donors (Lipinski definition) is 4. The first-order valence-corrected chi connectivity index (χ1v) is 7.05. The van der Waals surface area contributed by atoms with Crippen LogP contribution in [-0.4, -0.2) is 50.3 Å². The molecule has 0 aromatic rings. The molecule has 21 heavy (non-hydrogen) atoms. The van der Waals surface area contributed by atoms with Gasteiger partial charge in [-0.05, 0) is 25.7 Å². The predicted octanol–water partition coefficient (Wildman–Crippen LogP) is -1.34. The predicted molar refractivity (Wildman–Crippen MR) is 77.2 cm³/mol. The Morgan fingerprint density at radius 2 is 1.19 bits per heavy atom. The van der Waals surface area contributed by atoms with Crippen LogP contribution in [0.2, 0.25) is 0 Å². The van der Waals surface area contributed by atoms with Gasteiger partial charge in [0.2, 0.25) is 12.3 Å². The average Bonchev–Trinajstić information content (AvgIpc) is 2.45. The van der Waals surface area contributed by atoms with Crippen LogP contribution in [0.5, 0.6) is 0 Å². The number of carbonyl (C=O) groups is 4. The van der Waals surface area contributed by atoms with E-state index in [0.29, 0.717) is 45.4 Å². The Hall–Kier alpha value is -2.12. The first-order valence-electron chi connectivity index (χ1n) is 7.05. The fourth-order valence-corrected chi connectivity index (χ4v) is 1.49. The van der Waals surface area contributed by atoms with E-state index in [-0.39, 0.29) is 5.91 Å². The molecule has 0 fully saturated rings. The third kappa shape index (κ3) is 12.6. The van der Waals surface area contributed by atoms with Crippen molar-refractivity contribution in [3.8, 4) is 0 Å². The van der Waals surface area contributed by atoms with Gasteiger partial charge in [-0.2, -0.15) is 0 Å². The van der Waals surface area contributed by atoms with Gasteiger partial charge >= 0.3 is 11.8 Å². The molecular formula is C13H24N4O4. The fraction of sp³-hybridized carbons (Fsp3) is 0.692. The lowest BCUT2D eigenvalue weighted by molar-refractivity contribution is -0.139. The minimum atomic E-state index is -0.653. The monoisotopic (exact) mass is 300 g/mol. The second-order valence-corrected chi connectivity index (χ2v) is 4.48. The summed E-state index contributed by atoms with van der Waals surface area (Å²) >= 11 is 0. The molecule has 0 aromatic carbocycles. The molecule has 4 amide bonds. The normalized spacial score (nSPS) is 9.57. The van der Waals surface area contributed by atoms with Gasteiger partial charge in [-0.3, -0.25) is 19.2 Å². The molecule has 0 bridgehead atoms. The van der Waals surface area contributed by atoms with Crippen LogP contribution in [0.15, 0.2) is 0 Å². The molecule has 0 radical (unpaired) electrons. The quantitative estimate of drug-likeness (QED) is 0.215. The number of carbonyl (C=O) groups excluding carboxylic acids is 4. The Kier molecular flexibility index (Phi) is 11.6. The first kappa shape index (κ1) is 18.9. The van der Waals surface area contributed by atoms with Crippen LogP contribution in [0.25, 0.3) is 0 Å². The molecule has 0 aliphatic rings. The standard InChI is InChI=1S/C13H24N4O4/c1-11(19)15-7-4-5-9-17-13(21)12(20)16-8-3-2-6-14-10-18/h10H,2-9H2,1H3,(H,14,18)(H,15,19)(H,16,20)(H,17,21). The smallest absolute Gasteiger partial charge is 0.309 e. The largest absolute Gasteiger partial charge is 0.359 e. The fourth-order valence-electron chi connectivity index (χ4n) is 1.49. The van der Waals surface area contributed by atoms with Crippen LogP contribution in [0.1, 0.15) is 32.6 Å². The Morgan fingerprint density at radius 3 is 1.62 bits per heavy atom. The van der Waals surface area contributed by atoms with Crippen molar-refractivity contribution in [2.45, 2.75) is 32.6 Å². The van der Waals surface area contributed by atoms with Crippen molar-refractivity contribution in [2.24, 2.45) is 0 Å². The molecule has 4 N–H and O–H groups in total. The lowest BCUT2D eigenvalue weighted by Crippen LogP contribution is -2.40. The van der Waals surface area contributed by atoms with Gasteiger partial charge < -0.3 is 21.3 Å². The molecule has 0 heterocycles. The highest BCUT2D eigenvalue weighted by Crippen LogP contribution is 1.86. The molecule has 0 rings (SSSR count). The maximum Gasteiger partial charge on any atom is 0.309 e. The number of rotatable bonds is 11. The summed E-state index contributed by atoms with van der Waals surface area (Å²) in [5, 5.41) is 10.2. The molecule has 0 spiro atoms. The Balaban J connectivity index is 3.46. The van der Waals surface area contributed by atoms with Crippen LogP contribution in [-0.2, 0) is 19.2 Å². The van der Waals surface area contributed by atoms with E-state index in [2.05, 4.69) is 21.3 Å². The van der Waals surface area contributed by atoms with Gasteiger partial charge in [0.25, 0.3) is 0 Å². The number of nitrogens with one attached hydrogen (secondary N) is 4. The van der Waals surface area contributed by atoms with Gasteiger partial charge in [0.05, 0.1) is 0 Å². The summed E-state index contributed by atoms with van der Waals surface area (Å²) in [6.07, 6.45) is 3.49. The van der Waals surface area contributed by atoms with E-state index in [1.165, 1.54) is 6.92 Å². The number of hydrogen-bond acceptors (Lipinski definition) is 4. The van der Waals surface area contributed by atoms with Crippen molar-refractivity contribution < 1.29 is 19.2 Å². The number of unbranched alkanes of at least 4 members (excludes halogenated alkanes) is 2. The van der Waals surface area contributed by atoms with E-state index in [1.54, 1.807) is 0 Å². The van der Waals surface area contributed by atoms with Crippen molar-refractivity contribution in [3.63, 3.8) is 0 Å². The van der Waals surface area contributed by atoms with Crippen molar-refractivity contribution in [3.05, 3.63) is 0 Å². The van der Waals surface area contributed by atoms with Crippen molar-refractivity contribution >= 4 is 24.1 Å². The van der Waals surface area contributed by atoms with Crippen LogP contribution in [0.4, 0.5) is 0 Å². The van der Waals surface area contributed by atoms with Crippen LogP contribution in [0.3, 0.4) is 0 Å². The Morgan fingerprint density at radius 1 is 0.762 bits per heavy atom. The van der Waals surface area contributed by atoms with E-state index >= 15 is 0 Å². The van der Waals surface area contributed by atoms with Gasteiger partial charge in [0.15, 0.2) is 0 Å². The summed E-state index contributed by atoms with van der Waals surface area (Å²) in [5.41, 5.74) is 0. The van der Waals surface area contributed by atoms with E-state index in [4.69, 9.17) is 0 Å². The third-order valence-corrected chi connectivity index (χ3v) is 2.59. The van der Waals surface area contributed by atoms with Crippen LogP contribution in [0, 0.1) is 0 Å². The van der Waals surface area contributed by atoms with Crippen LogP contribution < -0.4 is 21.3 Å². The summed E-state index contributed by atoms with van der Waals surface area (Å²) in [4.78, 5) is 43.4. The van der Waals surface area contributed by atoms with E-state index in [1.807, 2.05) is 0 Å². The first-order chi connectivity index (χ1) is 10.1. The maximum absolute atomic E-state index is 11.4. The molecule has 0 saturated heterocycles. The zero-order valence-electron chi connectivity index (χ0n) is 12.4. The molecule has 0 aliphatic carbocycles. The molecular weight excluding hydrogens is 276 g/mol. The summed E-state index contributed by atoms with van der Waals surface area (Å²) in [5.74, 6) is -1.39. The van der Waals surface area contributed by atoms with Crippen LogP contribution >= 0.6 is 0 Å². The SMILES string of the molecule is CC(=O)NCCCCNC(=O)C(=O)NCCCCNC=O. The molecule has 8 heteroatoms. The lowest BCUT2D eigenvalue weighted by Gasteiger charge is -2.06. The van der Waals surface area contributed by atoms with E-state index < -0.39 is 11.8 Å². The summed E-state index contributed by atoms with van der Waals surface area (Å²) in [7, 11) is 0. The van der Waals surface area contributed by atoms with Crippen molar-refractivity contribution in [1.29, 1.82) is 0 Å². The highest BCUT2D eigenvalue weighted by molar-refractivity contribution is 6.35. The van der Waals surface area contributed by atoms with E-state index in [0.717, 1.165) is 12.8 Å². The van der Waals surface area contributed by atoms with E-state index in [9.17, 15) is 19.2 Å². The van der Waals surface area contributed by atoms with Gasteiger partial charge in [0, 0.05) is 33.1 Å². The highest BCUT2D eigenvalue weighted by Gasteiger charge is 2.11. The third-order valence-electron chi connectivity index (χ3n) is 2.59. The summed E-state index contributed by atoms with van der Waals surface area (Å²) < 4.78 is 0. The van der Waals surface area contributed by atoms with Crippen molar-refractivity contribution in [2.75, 3.05) is 26.2 Å². The molecule has 0 saturated carbocycles. The molecule has 0 atom stereocenters. The minimum absolute atomic E-state index is 0.0817. The highest BCUT2D eigenvalue weighted by atomic mass is 16.2. The second-order valence-electron chi connectivity index (χ2n) is 4.48.